The number of morpholine rings is 1. The van der Waals surface area contributed by atoms with Crippen LogP contribution in [0.1, 0.15) is 20.3 Å². The molecule has 0 aliphatic carbocycles. The van der Waals surface area contributed by atoms with E-state index in [0.29, 0.717) is 6.10 Å². The van der Waals surface area contributed by atoms with Crippen LogP contribution in [0.15, 0.2) is 0 Å². The van der Waals surface area contributed by atoms with Crippen LogP contribution in [0, 0.1) is 5.92 Å². The van der Waals surface area contributed by atoms with E-state index in [1.165, 1.54) is 18.7 Å². The van der Waals surface area contributed by atoms with Gasteiger partial charge in [0.15, 0.2) is 0 Å². The molecule has 1 aliphatic rings. The molecule has 3 heteroatoms. The molecular formula is C11H23NOS. The Morgan fingerprint density at radius 3 is 2.93 bits per heavy atom. The fourth-order valence-corrected chi connectivity index (χ4v) is 2.39. The van der Waals surface area contributed by atoms with Gasteiger partial charge in [-0.25, -0.2) is 0 Å². The highest BCUT2D eigenvalue weighted by Crippen LogP contribution is 2.12. The summed E-state index contributed by atoms with van der Waals surface area (Å²) in [5.74, 6) is 1.99. The quantitative estimate of drug-likeness (QED) is 0.700. The van der Waals surface area contributed by atoms with E-state index in [2.05, 4.69) is 25.0 Å². The summed E-state index contributed by atoms with van der Waals surface area (Å²) in [6.45, 7) is 8.97. The monoisotopic (exact) mass is 217 g/mol. The Kier molecular flexibility index (Phi) is 5.90. The molecule has 0 bridgehead atoms. The molecule has 0 unspecified atom stereocenters. The van der Waals surface area contributed by atoms with Crippen molar-refractivity contribution >= 4 is 11.8 Å². The Labute approximate surface area is 92.4 Å². The summed E-state index contributed by atoms with van der Waals surface area (Å²) < 4.78 is 5.74. The van der Waals surface area contributed by atoms with E-state index in [9.17, 15) is 0 Å². The lowest BCUT2D eigenvalue weighted by Gasteiger charge is -2.33. The molecule has 84 valence electrons. The van der Waals surface area contributed by atoms with Crippen molar-refractivity contribution in [2.75, 3.05) is 38.2 Å². The van der Waals surface area contributed by atoms with Gasteiger partial charge in [-0.1, -0.05) is 13.8 Å². The van der Waals surface area contributed by atoms with Crippen LogP contribution < -0.4 is 0 Å². The fourth-order valence-electron chi connectivity index (χ4n) is 1.89. The van der Waals surface area contributed by atoms with Gasteiger partial charge in [-0.15, -0.1) is 0 Å². The maximum Gasteiger partial charge on any atom is 0.0710 e. The zero-order valence-corrected chi connectivity index (χ0v) is 10.5. The van der Waals surface area contributed by atoms with Crippen LogP contribution in [-0.2, 0) is 4.74 Å². The van der Waals surface area contributed by atoms with E-state index >= 15 is 0 Å². The van der Waals surface area contributed by atoms with E-state index in [4.69, 9.17) is 4.74 Å². The minimum absolute atomic E-state index is 0.481. The van der Waals surface area contributed by atoms with Crippen LogP contribution in [-0.4, -0.2) is 49.3 Å². The molecule has 0 aromatic heterocycles. The number of hydrogen-bond acceptors (Lipinski definition) is 3. The van der Waals surface area contributed by atoms with E-state index < -0.39 is 0 Å². The van der Waals surface area contributed by atoms with Crippen LogP contribution in [0.5, 0.6) is 0 Å². The van der Waals surface area contributed by atoms with Crippen molar-refractivity contribution in [1.29, 1.82) is 0 Å². The smallest absolute Gasteiger partial charge is 0.0710 e. The van der Waals surface area contributed by atoms with E-state index in [0.717, 1.165) is 25.6 Å². The zero-order valence-electron chi connectivity index (χ0n) is 9.66. The molecule has 1 aliphatic heterocycles. The second-order valence-electron chi connectivity index (χ2n) is 4.43. The van der Waals surface area contributed by atoms with Gasteiger partial charge in [0.1, 0.15) is 0 Å². The Balaban J connectivity index is 2.21. The third-order valence-corrected chi connectivity index (χ3v) is 3.13. The lowest BCUT2D eigenvalue weighted by molar-refractivity contribution is -0.0321. The standard InChI is InChI=1S/C11H23NOS/c1-10(2)8-12-5-6-13-11(9-12)4-7-14-3/h10-11H,4-9H2,1-3H3/t11-/m1/s1. The van der Waals surface area contributed by atoms with Gasteiger partial charge >= 0.3 is 0 Å². The first kappa shape index (κ1) is 12.3. The highest BCUT2D eigenvalue weighted by Gasteiger charge is 2.20. The molecule has 14 heavy (non-hydrogen) atoms. The molecule has 1 saturated heterocycles. The number of rotatable bonds is 5. The third-order valence-electron chi connectivity index (χ3n) is 2.49. The van der Waals surface area contributed by atoms with Gasteiger partial charge in [0.05, 0.1) is 12.7 Å². The Morgan fingerprint density at radius 2 is 2.29 bits per heavy atom. The molecule has 0 aromatic rings. The number of hydrogen-bond donors (Lipinski definition) is 0. The molecule has 1 heterocycles. The molecule has 0 N–H and O–H groups in total. The highest BCUT2D eigenvalue weighted by molar-refractivity contribution is 7.98. The third kappa shape index (κ3) is 4.67. The largest absolute Gasteiger partial charge is 0.376 e. The molecule has 0 aromatic carbocycles. The number of nitrogens with zero attached hydrogens (tertiary/aromatic N) is 1. The van der Waals surface area contributed by atoms with Crippen LogP contribution >= 0.6 is 11.8 Å². The maximum atomic E-state index is 5.74. The molecule has 1 fully saturated rings. The molecular weight excluding hydrogens is 194 g/mol. The van der Waals surface area contributed by atoms with E-state index in [1.807, 2.05) is 11.8 Å². The summed E-state index contributed by atoms with van der Waals surface area (Å²) in [6.07, 6.45) is 3.85. The second kappa shape index (κ2) is 6.70. The molecule has 0 saturated carbocycles. The summed E-state index contributed by atoms with van der Waals surface area (Å²) in [4.78, 5) is 2.54. The van der Waals surface area contributed by atoms with Crippen molar-refractivity contribution in [3.63, 3.8) is 0 Å². The molecule has 0 radical (unpaired) electrons. The van der Waals surface area contributed by atoms with Crippen molar-refractivity contribution < 1.29 is 4.74 Å². The predicted octanol–water partition coefficient (Wildman–Crippen LogP) is 2.10. The molecule has 1 rings (SSSR count). The summed E-state index contributed by atoms with van der Waals surface area (Å²) in [6, 6.07) is 0. The summed E-state index contributed by atoms with van der Waals surface area (Å²) in [5, 5.41) is 0. The first-order chi connectivity index (χ1) is 6.72. The van der Waals surface area contributed by atoms with Gasteiger partial charge in [0.2, 0.25) is 0 Å². The summed E-state index contributed by atoms with van der Waals surface area (Å²) >= 11 is 1.91. The topological polar surface area (TPSA) is 12.5 Å². The first-order valence-electron chi connectivity index (χ1n) is 5.55. The Morgan fingerprint density at radius 1 is 1.50 bits per heavy atom. The van der Waals surface area contributed by atoms with Crippen molar-refractivity contribution in [2.45, 2.75) is 26.4 Å². The normalized spacial score (nSPS) is 24.4. The van der Waals surface area contributed by atoms with Crippen molar-refractivity contribution in [1.82, 2.24) is 4.90 Å². The minimum atomic E-state index is 0.481. The second-order valence-corrected chi connectivity index (χ2v) is 5.41. The zero-order chi connectivity index (χ0) is 10.4. The van der Waals surface area contributed by atoms with Crippen LogP contribution in [0.3, 0.4) is 0 Å². The average molecular weight is 217 g/mol. The Hall–Kier alpha value is 0.270. The van der Waals surface area contributed by atoms with Crippen molar-refractivity contribution in [2.24, 2.45) is 5.92 Å². The average Bonchev–Trinajstić information content (AvgIpc) is 2.14. The van der Waals surface area contributed by atoms with Gasteiger partial charge < -0.3 is 4.74 Å². The predicted molar refractivity (Wildman–Crippen MR) is 64.0 cm³/mol. The van der Waals surface area contributed by atoms with Gasteiger partial charge in [0.25, 0.3) is 0 Å². The summed E-state index contributed by atoms with van der Waals surface area (Å²) in [5.41, 5.74) is 0. The maximum absolute atomic E-state index is 5.74. The van der Waals surface area contributed by atoms with Crippen LogP contribution in [0.4, 0.5) is 0 Å². The van der Waals surface area contributed by atoms with Gasteiger partial charge in [-0.3, -0.25) is 4.90 Å². The van der Waals surface area contributed by atoms with Gasteiger partial charge in [-0.2, -0.15) is 11.8 Å². The lowest BCUT2D eigenvalue weighted by Crippen LogP contribution is -2.44. The molecule has 0 amide bonds. The highest BCUT2D eigenvalue weighted by atomic mass is 32.2. The SMILES string of the molecule is CSCC[C@@H]1CN(CC(C)C)CCO1. The Bertz CT molecular complexity index is 152. The molecule has 1 atom stereocenters. The van der Waals surface area contributed by atoms with Crippen molar-refractivity contribution in [3.8, 4) is 0 Å². The van der Waals surface area contributed by atoms with Gasteiger partial charge in [-0.05, 0) is 24.3 Å². The summed E-state index contributed by atoms with van der Waals surface area (Å²) in [7, 11) is 0. The number of ether oxygens (including phenoxy) is 1. The fraction of sp³-hybridized carbons (Fsp3) is 1.00. The first-order valence-corrected chi connectivity index (χ1v) is 6.94. The molecule has 2 nitrogen and oxygen atoms in total. The van der Waals surface area contributed by atoms with Crippen LogP contribution in [0.25, 0.3) is 0 Å². The lowest BCUT2D eigenvalue weighted by atomic mass is 10.1. The van der Waals surface area contributed by atoms with E-state index in [1.54, 1.807) is 0 Å². The van der Waals surface area contributed by atoms with E-state index in [-0.39, 0.29) is 0 Å². The van der Waals surface area contributed by atoms with Gasteiger partial charge in [0, 0.05) is 19.6 Å². The minimum Gasteiger partial charge on any atom is -0.376 e. The number of thioether (sulfide) groups is 1. The molecule has 0 spiro atoms. The van der Waals surface area contributed by atoms with Crippen molar-refractivity contribution in [3.05, 3.63) is 0 Å². The van der Waals surface area contributed by atoms with Crippen LogP contribution in [0.2, 0.25) is 0 Å².